The number of aromatic nitrogens is 2. The molecule has 2 atom stereocenters. The molecule has 0 aromatic carbocycles. The summed E-state index contributed by atoms with van der Waals surface area (Å²) in [6, 6.07) is 9.30. The van der Waals surface area contributed by atoms with Gasteiger partial charge in [-0.3, -0.25) is 0 Å². The molecule has 0 bridgehead atoms. The molecule has 304 valence electrons. The van der Waals surface area contributed by atoms with Crippen molar-refractivity contribution in [2.24, 2.45) is 22.1 Å². The summed E-state index contributed by atoms with van der Waals surface area (Å²) in [4.78, 5) is 36.5. The summed E-state index contributed by atoms with van der Waals surface area (Å²) in [5, 5.41) is 16.1. The standard InChI is InChI=1S/2C18H30N4O4S/c2*1-17(2,3)26-16(23)22-12-13(11-18(22,4)5)9-10-20-14-7-6-8-15(21-14)27(19,24)25/h2*6-8,13H,9-12H2,1-5H3,(H,20,21)(H2,19,24,25). The van der Waals surface area contributed by atoms with E-state index in [-0.39, 0.29) is 33.3 Å². The molecule has 18 heteroatoms. The van der Waals surface area contributed by atoms with Crippen LogP contribution in [0.1, 0.15) is 94.9 Å². The summed E-state index contributed by atoms with van der Waals surface area (Å²) < 4.78 is 56.5. The van der Waals surface area contributed by atoms with Gasteiger partial charge in [0.2, 0.25) is 0 Å². The monoisotopic (exact) mass is 796 g/mol. The Kier molecular flexibility index (Phi) is 14.0. The predicted octanol–water partition coefficient (Wildman–Crippen LogP) is 5.13. The van der Waals surface area contributed by atoms with E-state index in [0.29, 0.717) is 49.7 Å². The Morgan fingerprint density at radius 3 is 1.33 bits per heavy atom. The number of ether oxygens (including phenoxy) is 2. The molecule has 2 aromatic rings. The predicted molar refractivity (Wildman–Crippen MR) is 208 cm³/mol. The van der Waals surface area contributed by atoms with Gasteiger partial charge in [-0.25, -0.2) is 46.7 Å². The molecular weight excluding hydrogens is 737 g/mol. The highest BCUT2D eigenvalue weighted by Crippen LogP contribution is 2.36. The first kappa shape index (κ1) is 44.7. The van der Waals surface area contributed by atoms with Crippen molar-refractivity contribution in [2.75, 3.05) is 36.8 Å². The van der Waals surface area contributed by atoms with Gasteiger partial charge in [-0.15, -0.1) is 0 Å². The van der Waals surface area contributed by atoms with Crippen LogP contribution in [0.25, 0.3) is 0 Å². The third-order valence-electron chi connectivity index (χ3n) is 8.89. The molecule has 2 aliphatic heterocycles. The number of sulfonamides is 2. The number of pyridine rings is 2. The zero-order valence-corrected chi connectivity index (χ0v) is 34.9. The quantitative estimate of drug-likeness (QED) is 0.245. The maximum absolute atomic E-state index is 12.5. The zero-order chi connectivity index (χ0) is 40.9. The Labute approximate surface area is 321 Å². The molecule has 2 amide bonds. The molecule has 2 saturated heterocycles. The highest BCUT2D eigenvalue weighted by Gasteiger charge is 2.43. The number of hydrogen-bond donors (Lipinski definition) is 4. The van der Waals surface area contributed by atoms with E-state index in [9.17, 15) is 26.4 Å². The van der Waals surface area contributed by atoms with E-state index in [1.165, 1.54) is 12.1 Å². The molecular formula is C36H60N8O8S2. The molecule has 54 heavy (non-hydrogen) atoms. The number of likely N-dealkylation sites (tertiary alicyclic amines) is 2. The third kappa shape index (κ3) is 13.8. The van der Waals surface area contributed by atoms with Gasteiger partial charge in [-0.2, -0.15) is 0 Å². The maximum Gasteiger partial charge on any atom is 0.410 e. The molecule has 0 saturated carbocycles. The number of anilines is 2. The van der Waals surface area contributed by atoms with Gasteiger partial charge in [-0.1, -0.05) is 12.1 Å². The van der Waals surface area contributed by atoms with E-state index in [1.54, 1.807) is 34.1 Å². The minimum Gasteiger partial charge on any atom is -0.444 e. The van der Waals surface area contributed by atoms with Crippen LogP contribution in [0, 0.1) is 11.8 Å². The van der Waals surface area contributed by atoms with E-state index in [0.717, 1.165) is 25.7 Å². The van der Waals surface area contributed by atoms with Gasteiger partial charge in [0.05, 0.1) is 0 Å². The van der Waals surface area contributed by atoms with Crippen molar-refractivity contribution in [3.8, 4) is 0 Å². The number of amides is 2. The second-order valence-electron chi connectivity index (χ2n) is 17.2. The van der Waals surface area contributed by atoms with Crippen LogP contribution < -0.4 is 20.9 Å². The summed E-state index contributed by atoms with van der Waals surface area (Å²) in [5.41, 5.74) is -1.57. The largest absolute Gasteiger partial charge is 0.444 e. The fourth-order valence-electron chi connectivity index (χ4n) is 6.59. The van der Waals surface area contributed by atoms with Crippen LogP contribution in [-0.4, -0.2) is 97.2 Å². The fraction of sp³-hybridized carbons (Fsp3) is 0.667. The van der Waals surface area contributed by atoms with E-state index in [1.807, 2.05) is 69.2 Å². The summed E-state index contributed by atoms with van der Waals surface area (Å²) in [6.45, 7) is 21.8. The highest BCUT2D eigenvalue weighted by molar-refractivity contribution is 7.89. The first-order valence-electron chi connectivity index (χ1n) is 18.0. The van der Waals surface area contributed by atoms with E-state index in [4.69, 9.17) is 19.8 Å². The van der Waals surface area contributed by atoms with Crippen molar-refractivity contribution in [3.05, 3.63) is 36.4 Å². The lowest BCUT2D eigenvalue weighted by Crippen LogP contribution is -2.45. The van der Waals surface area contributed by atoms with Crippen molar-refractivity contribution < 1.29 is 35.9 Å². The Balaban J connectivity index is 0.000000290. The van der Waals surface area contributed by atoms with Gasteiger partial charge in [0, 0.05) is 37.3 Å². The smallest absolute Gasteiger partial charge is 0.410 e. The summed E-state index contributed by atoms with van der Waals surface area (Å²) in [5.74, 6) is 1.56. The van der Waals surface area contributed by atoms with Gasteiger partial charge in [-0.05, 0) is 131 Å². The second-order valence-corrected chi connectivity index (χ2v) is 20.2. The number of nitrogens with two attached hydrogens (primary N) is 2. The van der Waals surface area contributed by atoms with Crippen LogP contribution in [0.5, 0.6) is 0 Å². The Hall–Kier alpha value is -3.74. The SMILES string of the molecule is CC(C)(C)OC(=O)N1CC(CCNc2cccc(S(N)(=O)=O)n2)CC1(C)C.CC(C)(C)OC(=O)N1CC(CCNc2cccc(S(N)(=O)=O)n2)CC1(C)C. The van der Waals surface area contributed by atoms with E-state index < -0.39 is 31.2 Å². The molecule has 2 aromatic heterocycles. The van der Waals surface area contributed by atoms with Gasteiger partial charge in [0.1, 0.15) is 22.8 Å². The number of carbonyl (C=O) groups is 2. The number of hydrogen-bond acceptors (Lipinski definition) is 12. The third-order valence-corrected chi connectivity index (χ3v) is 10.5. The minimum absolute atomic E-state index is 0.161. The lowest BCUT2D eigenvalue weighted by Gasteiger charge is -2.33. The fourth-order valence-corrected chi connectivity index (χ4v) is 7.58. The van der Waals surface area contributed by atoms with Crippen LogP contribution >= 0.6 is 0 Å². The van der Waals surface area contributed by atoms with Crippen LogP contribution in [0.15, 0.2) is 46.5 Å². The summed E-state index contributed by atoms with van der Waals surface area (Å²) in [6.07, 6.45) is 2.82. The van der Waals surface area contributed by atoms with Crippen molar-refractivity contribution in [1.29, 1.82) is 0 Å². The molecule has 2 fully saturated rings. The van der Waals surface area contributed by atoms with Gasteiger partial charge in [0.25, 0.3) is 20.0 Å². The molecule has 16 nitrogen and oxygen atoms in total. The lowest BCUT2D eigenvalue weighted by atomic mass is 9.94. The number of nitrogens with zero attached hydrogens (tertiary/aromatic N) is 4. The van der Waals surface area contributed by atoms with Gasteiger partial charge in [0.15, 0.2) is 10.1 Å². The lowest BCUT2D eigenvalue weighted by molar-refractivity contribution is 0.0118. The summed E-state index contributed by atoms with van der Waals surface area (Å²) in [7, 11) is -7.64. The number of carbonyl (C=O) groups excluding carboxylic acids is 2. The Morgan fingerprint density at radius 1 is 0.704 bits per heavy atom. The first-order valence-corrected chi connectivity index (χ1v) is 21.1. The molecule has 2 aliphatic rings. The summed E-state index contributed by atoms with van der Waals surface area (Å²) >= 11 is 0. The number of rotatable bonds is 10. The Morgan fingerprint density at radius 2 is 1.04 bits per heavy atom. The topological polar surface area (TPSA) is 229 Å². The van der Waals surface area contributed by atoms with Crippen molar-refractivity contribution >= 4 is 43.9 Å². The molecule has 4 heterocycles. The van der Waals surface area contributed by atoms with Crippen LogP contribution in [-0.2, 0) is 29.5 Å². The molecule has 0 spiro atoms. The normalized spacial score (nSPS) is 19.8. The molecule has 6 N–H and O–H groups in total. The molecule has 0 radical (unpaired) electrons. The average molecular weight is 797 g/mol. The number of nitrogens with one attached hydrogen (secondary N) is 2. The minimum atomic E-state index is -3.82. The zero-order valence-electron chi connectivity index (χ0n) is 33.3. The van der Waals surface area contributed by atoms with E-state index >= 15 is 0 Å². The first-order chi connectivity index (χ1) is 24.6. The average Bonchev–Trinajstić information content (AvgIpc) is 3.48. The maximum atomic E-state index is 12.5. The molecule has 4 rings (SSSR count). The Bertz CT molecular complexity index is 1710. The highest BCUT2D eigenvalue weighted by atomic mass is 32.2. The van der Waals surface area contributed by atoms with Crippen molar-refractivity contribution in [2.45, 2.75) is 127 Å². The van der Waals surface area contributed by atoms with Crippen LogP contribution in [0.3, 0.4) is 0 Å². The van der Waals surface area contributed by atoms with Crippen LogP contribution in [0.4, 0.5) is 21.2 Å². The van der Waals surface area contributed by atoms with Crippen molar-refractivity contribution in [1.82, 2.24) is 19.8 Å². The second kappa shape index (κ2) is 17.0. The van der Waals surface area contributed by atoms with Gasteiger partial charge >= 0.3 is 12.2 Å². The van der Waals surface area contributed by atoms with E-state index in [2.05, 4.69) is 20.6 Å². The molecule has 2 unspecified atom stereocenters. The van der Waals surface area contributed by atoms with Crippen LogP contribution in [0.2, 0.25) is 0 Å². The number of primary sulfonamides is 2. The van der Waals surface area contributed by atoms with Crippen molar-refractivity contribution in [3.63, 3.8) is 0 Å². The molecule has 0 aliphatic carbocycles. The van der Waals surface area contributed by atoms with Gasteiger partial charge < -0.3 is 29.9 Å².